The van der Waals surface area contributed by atoms with Gasteiger partial charge in [-0.2, -0.15) is 0 Å². The van der Waals surface area contributed by atoms with E-state index < -0.39 is 9.96 Å². The van der Waals surface area contributed by atoms with Crippen molar-refractivity contribution in [1.82, 2.24) is 15.5 Å². The number of morpholine rings is 1. The minimum Gasteiger partial charge on any atom is -0.378 e. The first-order valence-corrected chi connectivity index (χ1v) is 8.48. The van der Waals surface area contributed by atoms with Crippen molar-refractivity contribution in [2.75, 3.05) is 26.3 Å². The standard InChI is InChI=1S/C14H16Cl3N3O2S/c15-14(16,17)12(18-11(21)10-4-2-1-3-5-10)19-13(23)20-6-8-22-9-7-20/h1-5,12H,6-9H2,(H,18,21)(H,19,23). The van der Waals surface area contributed by atoms with Gasteiger partial charge < -0.3 is 20.3 Å². The van der Waals surface area contributed by atoms with Gasteiger partial charge >= 0.3 is 0 Å². The molecule has 1 saturated heterocycles. The second-order valence-corrected chi connectivity index (χ2v) is 7.62. The maximum Gasteiger partial charge on any atom is 0.252 e. The number of benzene rings is 1. The summed E-state index contributed by atoms with van der Waals surface area (Å²) in [5.41, 5.74) is 0.464. The lowest BCUT2D eigenvalue weighted by atomic mass is 10.2. The molecule has 2 rings (SSSR count). The number of nitrogens with zero attached hydrogens (tertiary/aromatic N) is 1. The van der Waals surface area contributed by atoms with Gasteiger partial charge in [0.05, 0.1) is 13.2 Å². The number of hydrogen-bond acceptors (Lipinski definition) is 3. The van der Waals surface area contributed by atoms with Gasteiger partial charge in [-0.1, -0.05) is 53.0 Å². The predicted octanol–water partition coefficient (Wildman–Crippen LogP) is 2.32. The summed E-state index contributed by atoms with van der Waals surface area (Å²) in [6.45, 7) is 2.45. The Morgan fingerprint density at radius 1 is 1.17 bits per heavy atom. The van der Waals surface area contributed by atoms with Gasteiger partial charge in [-0.15, -0.1) is 0 Å². The van der Waals surface area contributed by atoms with Crippen molar-refractivity contribution in [1.29, 1.82) is 0 Å². The van der Waals surface area contributed by atoms with Crippen LogP contribution in [0.15, 0.2) is 30.3 Å². The summed E-state index contributed by atoms with van der Waals surface area (Å²) in [4.78, 5) is 14.2. The van der Waals surface area contributed by atoms with Crippen LogP contribution in [-0.2, 0) is 4.74 Å². The van der Waals surface area contributed by atoms with Crippen LogP contribution in [0, 0.1) is 0 Å². The maximum atomic E-state index is 12.3. The van der Waals surface area contributed by atoms with E-state index in [1.54, 1.807) is 24.3 Å². The second-order valence-electron chi connectivity index (χ2n) is 4.86. The molecule has 1 aliphatic rings. The highest BCUT2D eigenvalue weighted by Crippen LogP contribution is 2.29. The number of nitrogens with one attached hydrogen (secondary N) is 2. The van der Waals surface area contributed by atoms with Crippen molar-refractivity contribution in [2.24, 2.45) is 0 Å². The summed E-state index contributed by atoms with van der Waals surface area (Å²) >= 11 is 23.2. The van der Waals surface area contributed by atoms with E-state index in [1.165, 1.54) is 0 Å². The van der Waals surface area contributed by atoms with Crippen molar-refractivity contribution in [3.8, 4) is 0 Å². The highest BCUT2D eigenvalue weighted by atomic mass is 35.6. The molecule has 1 aromatic carbocycles. The molecule has 1 heterocycles. The molecule has 126 valence electrons. The normalized spacial score (nSPS) is 16.6. The molecule has 0 saturated carbocycles. The first kappa shape index (κ1) is 18.5. The van der Waals surface area contributed by atoms with E-state index in [-0.39, 0.29) is 5.91 Å². The largest absolute Gasteiger partial charge is 0.378 e. The van der Waals surface area contributed by atoms with Crippen LogP contribution < -0.4 is 10.6 Å². The van der Waals surface area contributed by atoms with E-state index >= 15 is 0 Å². The van der Waals surface area contributed by atoms with Crippen molar-refractivity contribution in [3.05, 3.63) is 35.9 Å². The van der Waals surface area contributed by atoms with Gasteiger partial charge in [0.2, 0.25) is 3.79 Å². The average molecular weight is 397 g/mol. The van der Waals surface area contributed by atoms with Crippen molar-refractivity contribution >= 4 is 58.0 Å². The molecule has 23 heavy (non-hydrogen) atoms. The number of amides is 1. The van der Waals surface area contributed by atoms with E-state index in [9.17, 15) is 4.79 Å². The lowest BCUT2D eigenvalue weighted by molar-refractivity contribution is 0.0671. The Bertz CT molecular complexity index is 548. The molecular formula is C14H16Cl3N3O2S. The van der Waals surface area contributed by atoms with Crippen LogP contribution in [0.4, 0.5) is 0 Å². The second kappa shape index (κ2) is 8.35. The molecule has 1 amide bonds. The zero-order valence-corrected chi connectivity index (χ0v) is 15.2. The van der Waals surface area contributed by atoms with Crippen LogP contribution in [0.5, 0.6) is 0 Å². The Kier molecular flexibility index (Phi) is 6.73. The van der Waals surface area contributed by atoms with Gasteiger partial charge in [0.1, 0.15) is 6.17 Å². The van der Waals surface area contributed by atoms with Crippen LogP contribution in [-0.4, -0.2) is 52.2 Å². The Hall–Kier alpha value is -0.790. The monoisotopic (exact) mass is 395 g/mol. The minimum atomic E-state index is -1.76. The van der Waals surface area contributed by atoms with E-state index in [1.807, 2.05) is 11.0 Å². The molecule has 2 N–H and O–H groups in total. The summed E-state index contributed by atoms with van der Waals surface area (Å²) in [5, 5.41) is 5.95. The van der Waals surface area contributed by atoms with E-state index in [0.717, 1.165) is 0 Å². The number of thiocarbonyl (C=S) groups is 1. The lowest BCUT2D eigenvalue weighted by Crippen LogP contribution is -2.59. The molecular weight excluding hydrogens is 381 g/mol. The summed E-state index contributed by atoms with van der Waals surface area (Å²) < 4.78 is 3.50. The topological polar surface area (TPSA) is 53.6 Å². The van der Waals surface area contributed by atoms with Gasteiger partial charge in [0.15, 0.2) is 5.11 Å². The van der Waals surface area contributed by atoms with Gasteiger partial charge in [-0.05, 0) is 24.4 Å². The Morgan fingerprint density at radius 3 is 2.35 bits per heavy atom. The van der Waals surface area contributed by atoms with Crippen LogP contribution in [0.3, 0.4) is 0 Å². The number of hydrogen-bond donors (Lipinski definition) is 2. The molecule has 1 aromatic rings. The van der Waals surface area contributed by atoms with Gasteiger partial charge in [-0.3, -0.25) is 4.79 Å². The molecule has 0 spiro atoms. The Morgan fingerprint density at radius 2 is 1.78 bits per heavy atom. The number of alkyl halides is 3. The van der Waals surface area contributed by atoms with E-state index in [0.29, 0.717) is 37.0 Å². The SMILES string of the molecule is O=C(NC(NC(=S)N1CCOCC1)C(Cl)(Cl)Cl)c1ccccc1. The highest BCUT2D eigenvalue weighted by molar-refractivity contribution is 7.80. The van der Waals surface area contributed by atoms with E-state index in [4.69, 9.17) is 51.8 Å². The number of carbonyl (C=O) groups excluding carboxylic acids is 1. The lowest BCUT2D eigenvalue weighted by Gasteiger charge is -2.34. The minimum absolute atomic E-state index is 0.362. The van der Waals surface area contributed by atoms with Crippen molar-refractivity contribution in [3.63, 3.8) is 0 Å². The third kappa shape index (κ3) is 5.65. The summed E-state index contributed by atoms with van der Waals surface area (Å²) in [5.74, 6) is -0.362. The first-order chi connectivity index (χ1) is 10.9. The van der Waals surface area contributed by atoms with Gasteiger partial charge in [0.25, 0.3) is 5.91 Å². The fraction of sp³-hybridized carbons (Fsp3) is 0.429. The molecule has 1 atom stereocenters. The predicted molar refractivity (Wildman–Crippen MR) is 96.1 cm³/mol. The van der Waals surface area contributed by atoms with Crippen LogP contribution in [0.25, 0.3) is 0 Å². The molecule has 1 aliphatic heterocycles. The van der Waals surface area contributed by atoms with Crippen molar-refractivity contribution in [2.45, 2.75) is 9.96 Å². The number of halogens is 3. The fourth-order valence-corrected chi connectivity index (χ4v) is 2.61. The van der Waals surface area contributed by atoms with Crippen LogP contribution >= 0.6 is 47.0 Å². The van der Waals surface area contributed by atoms with Crippen molar-refractivity contribution < 1.29 is 9.53 Å². The molecule has 5 nitrogen and oxygen atoms in total. The fourth-order valence-electron chi connectivity index (χ4n) is 1.98. The average Bonchev–Trinajstić information content (AvgIpc) is 2.54. The van der Waals surface area contributed by atoms with E-state index in [2.05, 4.69) is 10.6 Å². The number of rotatable bonds is 3. The Balaban J connectivity index is 2.02. The van der Waals surface area contributed by atoms with Crippen LogP contribution in [0.1, 0.15) is 10.4 Å². The first-order valence-electron chi connectivity index (χ1n) is 6.94. The van der Waals surface area contributed by atoms with Gasteiger partial charge in [0, 0.05) is 18.7 Å². The zero-order chi connectivity index (χ0) is 16.9. The molecule has 9 heteroatoms. The third-order valence-corrected chi connectivity index (χ3v) is 4.24. The van der Waals surface area contributed by atoms with Crippen LogP contribution in [0.2, 0.25) is 0 Å². The molecule has 1 fully saturated rings. The smallest absolute Gasteiger partial charge is 0.252 e. The molecule has 0 aromatic heterocycles. The summed E-state index contributed by atoms with van der Waals surface area (Å²) in [7, 11) is 0. The molecule has 1 unspecified atom stereocenters. The summed E-state index contributed by atoms with van der Waals surface area (Å²) in [6.07, 6.45) is -0.962. The maximum absolute atomic E-state index is 12.3. The van der Waals surface area contributed by atoms with Gasteiger partial charge in [-0.25, -0.2) is 0 Å². The third-order valence-electron chi connectivity index (χ3n) is 3.20. The Labute approximate surface area is 155 Å². The zero-order valence-electron chi connectivity index (χ0n) is 12.1. The number of ether oxygens (including phenoxy) is 1. The molecule has 0 aliphatic carbocycles. The molecule has 0 radical (unpaired) electrons. The summed E-state index contributed by atoms with van der Waals surface area (Å²) in [6, 6.07) is 8.67. The molecule has 0 bridgehead atoms. The number of carbonyl (C=O) groups is 1. The highest BCUT2D eigenvalue weighted by Gasteiger charge is 2.35. The quantitative estimate of drug-likeness (QED) is 0.466.